The predicted molar refractivity (Wildman–Crippen MR) is 105 cm³/mol. The minimum atomic E-state index is -0.776. The van der Waals surface area contributed by atoms with E-state index in [9.17, 15) is 14.4 Å². The predicted octanol–water partition coefficient (Wildman–Crippen LogP) is 1.89. The molecular weight excluding hydrogens is 396 g/mol. The van der Waals surface area contributed by atoms with E-state index in [1.165, 1.54) is 33.7 Å². The van der Waals surface area contributed by atoms with Crippen LogP contribution in [0.2, 0.25) is 0 Å². The SMILES string of the molecule is COc1cc(/C=C/C(=O)OCC(=O)NC(=O)NCc2ccco2)cc(OC)c1OC. The van der Waals surface area contributed by atoms with Crippen molar-refractivity contribution in [1.29, 1.82) is 0 Å². The third-order valence-corrected chi connectivity index (χ3v) is 3.70. The number of hydrogen-bond donors (Lipinski definition) is 2. The number of esters is 1. The maximum atomic E-state index is 11.8. The Morgan fingerprint density at radius 3 is 2.33 bits per heavy atom. The molecule has 1 aromatic carbocycles. The summed E-state index contributed by atoms with van der Waals surface area (Å²) >= 11 is 0. The Morgan fingerprint density at radius 1 is 1.07 bits per heavy atom. The van der Waals surface area contributed by atoms with Crippen molar-refractivity contribution in [2.24, 2.45) is 0 Å². The third-order valence-electron chi connectivity index (χ3n) is 3.70. The quantitative estimate of drug-likeness (QED) is 0.467. The zero-order valence-corrected chi connectivity index (χ0v) is 16.7. The molecule has 0 saturated carbocycles. The van der Waals surface area contributed by atoms with Crippen molar-refractivity contribution in [2.45, 2.75) is 6.54 Å². The molecule has 1 heterocycles. The highest BCUT2D eigenvalue weighted by Crippen LogP contribution is 2.38. The van der Waals surface area contributed by atoms with Crippen LogP contribution in [-0.2, 0) is 20.9 Å². The van der Waals surface area contributed by atoms with E-state index in [2.05, 4.69) is 5.32 Å². The van der Waals surface area contributed by atoms with E-state index in [1.807, 2.05) is 5.32 Å². The van der Waals surface area contributed by atoms with Crippen LogP contribution in [0.3, 0.4) is 0 Å². The van der Waals surface area contributed by atoms with Gasteiger partial charge in [0, 0.05) is 6.08 Å². The number of benzene rings is 1. The number of carbonyl (C=O) groups excluding carboxylic acids is 3. The highest BCUT2D eigenvalue weighted by Gasteiger charge is 2.13. The number of amides is 3. The maximum absolute atomic E-state index is 11.8. The van der Waals surface area contributed by atoms with Gasteiger partial charge in [0.25, 0.3) is 5.91 Å². The molecule has 1 aromatic heterocycles. The first-order valence-corrected chi connectivity index (χ1v) is 8.71. The Kier molecular flexibility index (Phi) is 8.30. The topological polar surface area (TPSA) is 125 Å². The Bertz CT molecular complexity index is 881. The fourth-order valence-corrected chi connectivity index (χ4v) is 2.33. The maximum Gasteiger partial charge on any atom is 0.331 e. The summed E-state index contributed by atoms with van der Waals surface area (Å²) in [6, 6.07) is 5.89. The van der Waals surface area contributed by atoms with Crippen LogP contribution in [0.4, 0.5) is 4.79 Å². The number of methoxy groups -OCH3 is 3. The molecule has 0 aliphatic rings. The molecule has 0 unspecified atom stereocenters. The first kappa shape index (κ1) is 22.3. The molecule has 3 amide bonds. The summed E-state index contributed by atoms with van der Waals surface area (Å²) < 4.78 is 25.6. The second kappa shape index (κ2) is 11.1. The monoisotopic (exact) mass is 418 g/mol. The number of urea groups is 1. The minimum absolute atomic E-state index is 0.115. The van der Waals surface area contributed by atoms with Gasteiger partial charge in [0.15, 0.2) is 18.1 Å². The van der Waals surface area contributed by atoms with Gasteiger partial charge in [-0.2, -0.15) is 0 Å². The molecule has 0 fully saturated rings. The summed E-state index contributed by atoms with van der Waals surface area (Å²) in [5, 5.41) is 4.46. The second-order valence-electron chi connectivity index (χ2n) is 5.71. The zero-order valence-electron chi connectivity index (χ0n) is 16.7. The molecule has 0 atom stereocenters. The van der Waals surface area contributed by atoms with E-state index in [4.69, 9.17) is 23.4 Å². The van der Waals surface area contributed by atoms with Crippen molar-refractivity contribution >= 4 is 24.0 Å². The highest BCUT2D eigenvalue weighted by atomic mass is 16.5. The van der Waals surface area contributed by atoms with Crippen molar-refractivity contribution in [2.75, 3.05) is 27.9 Å². The summed E-state index contributed by atoms with van der Waals surface area (Å²) in [7, 11) is 4.43. The van der Waals surface area contributed by atoms with Crippen LogP contribution in [-0.4, -0.2) is 45.8 Å². The Hall–Kier alpha value is -3.95. The Morgan fingerprint density at radius 2 is 1.77 bits per heavy atom. The second-order valence-corrected chi connectivity index (χ2v) is 5.71. The lowest BCUT2D eigenvalue weighted by Gasteiger charge is -2.12. The first-order valence-electron chi connectivity index (χ1n) is 8.71. The van der Waals surface area contributed by atoms with E-state index in [0.717, 1.165) is 6.08 Å². The van der Waals surface area contributed by atoms with Gasteiger partial charge in [0.1, 0.15) is 5.76 Å². The van der Waals surface area contributed by atoms with Gasteiger partial charge in [-0.1, -0.05) is 0 Å². The van der Waals surface area contributed by atoms with Crippen molar-refractivity contribution in [3.63, 3.8) is 0 Å². The third kappa shape index (κ3) is 6.59. The molecule has 2 N–H and O–H groups in total. The molecule has 10 heteroatoms. The van der Waals surface area contributed by atoms with Gasteiger partial charge in [-0.05, 0) is 35.9 Å². The Labute approximate surface area is 172 Å². The number of imide groups is 1. The molecule has 0 bridgehead atoms. The molecule has 10 nitrogen and oxygen atoms in total. The van der Waals surface area contributed by atoms with Gasteiger partial charge in [-0.3, -0.25) is 10.1 Å². The minimum Gasteiger partial charge on any atom is -0.493 e. The largest absolute Gasteiger partial charge is 0.493 e. The number of ether oxygens (including phenoxy) is 4. The van der Waals surface area contributed by atoms with Crippen LogP contribution < -0.4 is 24.8 Å². The van der Waals surface area contributed by atoms with E-state index in [1.54, 1.807) is 24.3 Å². The van der Waals surface area contributed by atoms with Crippen LogP contribution in [0.25, 0.3) is 6.08 Å². The lowest BCUT2D eigenvalue weighted by molar-refractivity contribution is -0.143. The highest BCUT2D eigenvalue weighted by molar-refractivity contribution is 5.96. The number of rotatable bonds is 9. The Balaban J connectivity index is 1.82. The fraction of sp³-hybridized carbons (Fsp3) is 0.250. The number of nitrogens with one attached hydrogen (secondary N) is 2. The summed E-state index contributed by atoms with van der Waals surface area (Å²) in [6.45, 7) is -0.504. The molecule has 30 heavy (non-hydrogen) atoms. The average molecular weight is 418 g/mol. The first-order chi connectivity index (χ1) is 14.5. The zero-order chi connectivity index (χ0) is 21.9. The van der Waals surface area contributed by atoms with E-state index in [-0.39, 0.29) is 6.54 Å². The summed E-state index contributed by atoms with van der Waals surface area (Å²) in [5.41, 5.74) is 0.586. The summed E-state index contributed by atoms with van der Waals surface area (Å²) in [5.74, 6) is 0.244. The van der Waals surface area contributed by atoms with Gasteiger partial charge in [0.05, 0.1) is 34.1 Å². The number of hydrogen-bond acceptors (Lipinski definition) is 8. The molecule has 0 aliphatic heterocycles. The van der Waals surface area contributed by atoms with Crippen LogP contribution in [0.15, 0.2) is 41.0 Å². The number of carbonyl (C=O) groups is 3. The molecule has 160 valence electrons. The van der Waals surface area contributed by atoms with Gasteiger partial charge in [-0.15, -0.1) is 0 Å². The average Bonchev–Trinajstić information content (AvgIpc) is 3.27. The molecule has 0 radical (unpaired) electrons. The molecule has 2 rings (SSSR count). The fourth-order valence-electron chi connectivity index (χ4n) is 2.33. The van der Waals surface area contributed by atoms with Crippen molar-refractivity contribution in [1.82, 2.24) is 10.6 Å². The lowest BCUT2D eigenvalue weighted by atomic mass is 10.1. The van der Waals surface area contributed by atoms with Crippen molar-refractivity contribution < 1.29 is 37.7 Å². The van der Waals surface area contributed by atoms with Crippen LogP contribution in [0.1, 0.15) is 11.3 Å². The van der Waals surface area contributed by atoms with E-state index in [0.29, 0.717) is 28.6 Å². The van der Waals surface area contributed by atoms with Gasteiger partial charge in [-0.25, -0.2) is 9.59 Å². The molecule has 0 aliphatic carbocycles. The molecule has 0 saturated heterocycles. The smallest absolute Gasteiger partial charge is 0.331 e. The molecular formula is C20H22N2O8. The van der Waals surface area contributed by atoms with Crippen LogP contribution >= 0.6 is 0 Å². The van der Waals surface area contributed by atoms with Crippen LogP contribution in [0.5, 0.6) is 17.2 Å². The lowest BCUT2D eigenvalue weighted by Crippen LogP contribution is -2.41. The standard InChI is InChI=1S/C20H22N2O8/c1-26-15-9-13(10-16(27-2)19(15)28-3)6-7-18(24)30-12-17(23)22-20(25)21-11-14-5-4-8-29-14/h4-10H,11-12H2,1-3H3,(H2,21,22,23,25)/b7-6+. The number of furan rings is 1. The summed E-state index contributed by atoms with van der Waals surface area (Å²) in [4.78, 5) is 35.1. The van der Waals surface area contributed by atoms with Crippen molar-refractivity contribution in [3.8, 4) is 17.2 Å². The van der Waals surface area contributed by atoms with Gasteiger partial charge < -0.3 is 28.7 Å². The van der Waals surface area contributed by atoms with E-state index < -0.39 is 24.5 Å². The molecule has 0 spiro atoms. The van der Waals surface area contributed by atoms with E-state index >= 15 is 0 Å². The van der Waals surface area contributed by atoms with Crippen molar-refractivity contribution in [3.05, 3.63) is 47.9 Å². The molecule has 2 aromatic rings. The summed E-state index contributed by atoms with van der Waals surface area (Å²) in [6.07, 6.45) is 4.05. The normalized spacial score (nSPS) is 10.4. The van der Waals surface area contributed by atoms with Gasteiger partial charge >= 0.3 is 12.0 Å². The van der Waals surface area contributed by atoms with Gasteiger partial charge in [0.2, 0.25) is 5.75 Å². The van der Waals surface area contributed by atoms with Crippen LogP contribution in [0, 0.1) is 0 Å².